The lowest BCUT2D eigenvalue weighted by Gasteiger charge is -2.15. The van der Waals surface area contributed by atoms with E-state index in [1.807, 2.05) is 13.0 Å². The van der Waals surface area contributed by atoms with E-state index in [0.717, 1.165) is 26.4 Å². The van der Waals surface area contributed by atoms with Gasteiger partial charge in [0, 0.05) is 9.35 Å². The van der Waals surface area contributed by atoms with Gasteiger partial charge >= 0.3 is 6.18 Å². The highest BCUT2D eigenvalue weighted by Gasteiger charge is 2.31. The number of hydrogen-bond donors (Lipinski definition) is 1. The molecular weight excluding hydrogens is 419 g/mol. The standard InChI is InChI=1S/C13H10Br2F3NS/c1-6-4-10(20-12(6)15)11(19)8-5-7(13(16,17)18)2-3-9(8)14/h2-5,11H,19H2,1H3. The van der Waals surface area contributed by atoms with Gasteiger partial charge in [-0.1, -0.05) is 15.9 Å². The van der Waals surface area contributed by atoms with Crippen LogP contribution in [0, 0.1) is 6.92 Å². The van der Waals surface area contributed by atoms with Gasteiger partial charge in [-0.05, 0) is 58.2 Å². The van der Waals surface area contributed by atoms with Crippen LogP contribution in [0.1, 0.15) is 27.6 Å². The molecule has 7 heteroatoms. The van der Waals surface area contributed by atoms with Crippen LogP contribution in [-0.4, -0.2) is 0 Å². The average molecular weight is 429 g/mol. The maximum Gasteiger partial charge on any atom is 0.416 e. The number of alkyl halides is 3. The summed E-state index contributed by atoms with van der Waals surface area (Å²) in [7, 11) is 0. The van der Waals surface area contributed by atoms with Gasteiger partial charge in [0.25, 0.3) is 0 Å². The van der Waals surface area contributed by atoms with E-state index in [9.17, 15) is 13.2 Å². The molecule has 20 heavy (non-hydrogen) atoms. The van der Waals surface area contributed by atoms with Crippen LogP contribution in [0.3, 0.4) is 0 Å². The van der Waals surface area contributed by atoms with Crippen molar-refractivity contribution >= 4 is 43.2 Å². The lowest BCUT2D eigenvalue weighted by Crippen LogP contribution is -2.13. The van der Waals surface area contributed by atoms with Gasteiger partial charge in [-0.15, -0.1) is 11.3 Å². The fourth-order valence-electron chi connectivity index (χ4n) is 1.75. The largest absolute Gasteiger partial charge is 0.416 e. The van der Waals surface area contributed by atoms with Gasteiger partial charge in [-0.3, -0.25) is 0 Å². The Bertz CT molecular complexity index is 618. The van der Waals surface area contributed by atoms with E-state index >= 15 is 0 Å². The quantitative estimate of drug-likeness (QED) is 0.657. The van der Waals surface area contributed by atoms with Gasteiger partial charge in [0.2, 0.25) is 0 Å². The van der Waals surface area contributed by atoms with Gasteiger partial charge in [-0.25, -0.2) is 0 Å². The normalized spacial score (nSPS) is 13.6. The minimum Gasteiger partial charge on any atom is -0.320 e. The molecule has 0 radical (unpaired) electrons. The molecule has 0 bridgehead atoms. The molecule has 1 heterocycles. The number of benzene rings is 1. The van der Waals surface area contributed by atoms with E-state index in [0.29, 0.717) is 10.0 Å². The van der Waals surface area contributed by atoms with Crippen molar-refractivity contribution in [1.82, 2.24) is 0 Å². The summed E-state index contributed by atoms with van der Waals surface area (Å²) < 4.78 is 39.8. The van der Waals surface area contributed by atoms with Gasteiger partial charge in [0.05, 0.1) is 15.4 Å². The van der Waals surface area contributed by atoms with Crippen LogP contribution in [0.25, 0.3) is 0 Å². The highest BCUT2D eigenvalue weighted by molar-refractivity contribution is 9.11. The van der Waals surface area contributed by atoms with Crippen LogP contribution in [0.5, 0.6) is 0 Å². The Morgan fingerprint density at radius 3 is 2.35 bits per heavy atom. The summed E-state index contributed by atoms with van der Waals surface area (Å²) in [5.41, 5.74) is 6.85. The van der Waals surface area contributed by atoms with Crippen LogP contribution in [0.15, 0.2) is 32.5 Å². The minimum absolute atomic E-state index is 0.425. The van der Waals surface area contributed by atoms with Crippen LogP contribution in [-0.2, 0) is 6.18 Å². The lowest BCUT2D eigenvalue weighted by molar-refractivity contribution is -0.137. The number of nitrogens with two attached hydrogens (primary N) is 1. The van der Waals surface area contributed by atoms with E-state index in [1.54, 1.807) is 0 Å². The predicted molar refractivity (Wildman–Crippen MR) is 81.9 cm³/mol. The molecule has 108 valence electrons. The molecule has 0 aliphatic heterocycles. The summed E-state index contributed by atoms with van der Waals surface area (Å²) in [4.78, 5) is 0.814. The molecule has 0 aliphatic rings. The Labute approximate surface area is 135 Å². The monoisotopic (exact) mass is 427 g/mol. The van der Waals surface area contributed by atoms with Crippen molar-refractivity contribution in [2.45, 2.75) is 19.1 Å². The Morgan fingerprint density at radius 2 is 1.85 bits per heavy atom. The molecule has 0 saturated heterocycles. The van der Waals surface area contributed by atoms with Crippen LogP contribution in [0.4, 0.5) is 13.2 Å². The van der Waals surface area contributed by atoms with Gasteiger partial charge in [0.15, 0.2) is 0 Å². The topological polar surface area (TPSA) is 26.0 Å². The molecule has 1 nitrogen and oxygen atoms in total. The van der Waals surface area contributed by atoms with Crippen molar-refractivity contribution < 1.29 is 13.2 Å². The summed E-state index contributed by atoms with van der Waals surface area (Å²) in [6.45, 7) is 1.91. The number of halogens is 5. The average Bonchev–Trinajstić information content (AvgIpc) is 2.68. The zero-order valence-electron chi connectivity index (χ0n) is 10.3. The Morgan fingerprint density at radius 1 is 1.20 bits per heavy atom. The fraction of sp³-hybridized carbons (Fsp3) is 0.231. The van der Waals surface area contributed by atoms with Crippen molar-refractivity contribution in [2.24, 2.45) is 5.73 Å². The zero-order valence-corrected chi connectivity index (χ0v) is 14.3. The third-order valence-electron chi connectivity index (χ3n) is 2.84. The summed E-state index contributed by atoms with van der Waals surface area (Å²) in [5, 5.41) is 0. The highest BCUT2D eigenvalue weighted by Crippen LogP contribution is 2.38. The van der Waals surface area contributed by atoms with Crippen molar-refractivity contribution in [3.8, 4) is 0 Å². The Hall–Kier alpha value is -0.370. The molecule has 2 rings (SSSR count). The van der Waals surface area contributed by atoms with E-state index in [4.69, 9.17) is 5.73 Å². The van der Waals surface area contributed by atoms with Crippen molar-refractivity contribution in [1.29, 1.82) is 0 Å². The molecule has 2 aromatic rings. The molecule has 0 fully saturated rings. The molecule has 0 saturated carbocycles. The van der Waals surface area contributed by atoms with E-state index in [2.05, 4.69) is 31.9 Å². The molecule has 1 atom stereocenters. The Kier molecular flexibility index (Phi) is 4.63. The molecule has 0 aliphatic carbocycles. The molecule has 0 spiro atoms. The van der Waals surface area contributed by atoms with Crippen molar-refractivity contribution in [2.75, 3.05) is 0 Å². The summed E-state index contributed by atoms with van der Waals surface area (Å²) in [5.74, 6) is 0. The van der Waals surface area contributed by atoms with Crippen LogP contribution >= 0.6 is 43.2 Å². The molecule has 2 N–H and O–H groups in total. The first-order valence-corrected chi connectivity index (χ1v) is 7.98. The molecule has 1 aromatic carbocycles. The third-order valence-corrected chi connectivity index (χ3v) is 5.78. The first-order valence-electron chi connectivity index (χ1n) is 5.58. The van der Waals surface area contributed by atoms with E-state index in [1.165, 1.54) is 17.4 Å². The third kappa shape index (κ3) is 3.27. The lowest BCUT2D eigenvalue weighted by atomic mass is 10.0. The molecule has 0 amide bonds. The predicted octanol–water partition coefficient (Wildman–Crippen LogP) is 5.65. The molecule has 1 aromatic heterocycles. The Balaban J connectivity index is 2.46. The summed E-state index contributed by atoms with van der Waals surface area (Å²) in [6, 6.07) is 4.80. The van der Waals surface area contributed by atoms with E-state index in [-0.39, 0.29) is 0 Å². The van der Waals surface area contributed by atoms with Gasteiger partial charge in [-0.2, -0.15) is 13.2 Å². The van der Waals surface area contributed by atoms with Gasteiger partial charge < -0.3 is 5.73 Å². The number of aryl methyl sites for hydroxylation is 1. The fourth-order valence-corrected chi connectivity index (χ4v) is 3.83. The van der Waals surface area contributed by atoms with Crippen LogP contribution in [0.2, 0.25) is 0 Å². The van der Waals surface area contributed by atoms with Crippen molar-refractivity contribution in [3.05, 3.63) is 54.1 Å². The van der Waals surface area contributed by atoms with Crippen LogP contribution < -0.4 is 5.73 Å². The summed E-state index contributed by atoms with van der Waals surface area (Å²) >= 11 is 8.09. The second-order valence-corrected chi connectivity index (χ2v) is 7.57. The van der Waals surface area contributed by atoms with Crippen molar-refractivity contribution in [3.63, 3.8) is 0 Å². The second kappa shape index (κ2) is 5.79. The molecule has 1 unspecified atom stereocenters. The zero-order chi connectivity index (χ0) is 15.1. The highest BCUT2D eigenvalue weighted by atomic mass is 79.9. The smallest absolute Gasteiger partial charge is 0.320 e. The number of thiophene rings is 1. The molecular formula is C13H10Br2F3NS. The first kappa shape index (κ1) is 16.0. The number of rotatable bonds is 2. The second-order valence-electron chi connectivity index (χ2n) is 4.32. The number of hydrogen-bond acceptors (Lipinski definition) is 2. The maximum absolute atomic E-state index is 12.8. The summed E-state index contributed by atoms with van der Waals surface area (Å²) in [6.07, 6.45) is -4.37. The SMILES string of the molecule is Cc1cc(C(N)c2cc(C(F)(F)F)ccc2Br)sc1Br. The van der Waals surface area contributed by atoms with E-state index < -0.39 is 17.8 Å². The maximum atomic E-state index is 12.8. The minimum atomic E-state index is -4.37. The first-order chi connectivity index (χ1) is 9.20. The van der Waals surface area contributed by atoms with Gasteiger partial charge in [0.1, 0.15) is 0 Å².